The van der Waals surface area contributed by atoms with Gasteiger partial charge in [-0.05, 0) is 23.3 Å². The quantitative estimate of drug-likeness (QED) is 0.593. The Morgan fingerprint density at radius 3 is 2.52 bits per heavy atom. The minimum atomic E-state index is 0.125. The number of hydrogen-bond donors (Lipinski definition) is 0. The molecule has 0 fully saturated rings. The first-order chi connectivity index (χ1) is 10.3. The Kier molecular flexibility index (Phi) is 4.13. The van der Waals surface area contributed by atoms with Gasteiger partial charge in [-0.1, -0.05) is 48.0 Å². The summed E-state index contributed by atoms with van der Waals surface area (Å²) in [5.74, 6) is 0.757. The second-order valence-electron chi connectivity index (χ2n) is 4.35. The molecule has 0 radical (unpaired) electrons. The van der Waals surface area contributed by atoms with Crippen LogP contribution in [-0.2, 0) is 5.88 Å². The van der Waals surface area contributed by atoms with Crippen LogP contribution in [0.15, 0.2) is 59.2 Å². The first-order valence-corrected chi connectivity index (χ1v) is 7.20. The van der Waals surface area contributed by atoms with Crippen LogP contribution in [-0.4, -0.2) is 4.98 Å². The summed E-state index contributed by atoms with van der Waals surface area (Å²) in [6.07, 6.45) is 1.58. The average Bonchev–Trinajstić information content (AvgIpc) is 2.98. The fourth-order valence-corrected chi connectivity index (χ4v) is 2.23. The highest BCUT2D eigenvalue weighted by molar-refractivity contribution is 6.32. The molecule has 0 atom stereocenters. The van der Waals surface area contributed by atoms with Crippen molar-refractivity contribution in [2.75, 3.05) is 0 Å². The smallest absolute Gasteiger partial charge is 0.399 e. The molecule has 21 heavy (non-hydrogen) atoms. The molecule has 0 N–H and O–H groups in total. The van der Waals surface area contributed by atoms with Crippen LogP contribution in [0.4, 0.5) is 0 Å². The van der Waals surface area contributed by atoms with Crippen molar-refractivity contribution in [1.82, 2.24) is 4.98 Å². The summed E-state index contributed by atoms with van der Waals surface area (Å²) in [6.45, 7) is 0. The average molecular weight is 320 g/mol. The van der Waals surface area contributed by atoms with Gasteiger partial charge in [0.1, 0.15) is 6.26 Å². The molecule has 0 aliphatic rings. The highest BCUT2D eigenvalue weighted by atomic mass is 35.5. The summed E-state index contributed by atoms with van der Waals surface area (Å²) in [7, 11) is 0. The summed E-state index contributed by atoms with van der Waals surface area (Å²) in [4.78, 5) is 4.07. The monoisotopic (exact) mass is 319 g/mol. The van der Waals surface area contributed by atoms with Crippen LogP contribution in [0, 0.1) is 0 Å². The van der Waals surface area contributed by atoms with Crippen molar-refractivity contribution < 1.29 is 9.15 Å². The minimum Gasteiger partial charge on any atom is -0.417 e. The largest absolute Gasteiger partial charge is 0.417 e. The van der Waals surface area contributed by atoms with Crippen molar-refractivity contribution in [1.29, 1.82) is 0 Å². The molecule has 0 aliphatic heterocycles. The molecule has 3 aromatic rings. The molecule has 0 aliphatic carbocycles. The van der Waals surface area contributed by atoms with Crippen LogP contribution in [0.25, 0.3) is 11.1 Å². The van der Waals surface area contributed by atoms with Crippen LogP contribution in [0.5, 0.6) is 11.8 Å². The van der Waals surface area contributed by atoms with E-state index in [2.05, 4.69) is 4.98 Å². The third-order valence-corrected chi connectivity index (χ3v) is 3.47. The SMILES string of the molecule is ClCc1coc(Oc2ccc(-c3ccccc3)cc2Cl)n1. The van der Waals surface area contributed by atoms with Gasteiger partial charge in [-0.15, -0.1) is 11.6 Å². The topological polar surface area (TPSA) is 35.3 Å². The molecular weight excluding hydrogens is 309 g/mol. The van der Waals surface area contributed by atoms with Crippen molar-refractivity contribution in [3.05, 3.63) is 65.5 Å². The van der Waals surface area contributed by atoms with Gasteiger partial charge in [0, 0.05) is 0 Å². The Morgan fingerprint density at radius 2 is 1.86 bits per heavy atom. The van der Waals surface area contributed by atoms with Crippen LogP contribution in [0.3, 0.4) is 0 Å². The predicted octanol–water partition coefficient (Wildman–Crippen LogP) is 5.53. The molecule has 3 nitrogen and oxygen atoms in total. The van der Waals surface area contributed by atoms with Gasteiger partial charge in [0.05, 0.1) is 16.6 Å². The van der Waals surface area contributed by atoms with E-state index >= 15 is 0 Å². The molecule has 0 unspecified atom stereocenters. The van der Waals surface area contributed by atoms with Gasteiger partial charge < -0.3 is 9.15 Å². The molecule has 0 spiro atoms. The first kappa shape index (κ1) is 14.0. The number of alkyl halides is 1. The summed E-state index contributed by atoms with van der Waals surface area (Å²) < 4.78 is 10.7. The van der Waals surface area contributed by atoms with Gasteiger partial charge >= 0.3 is 6.08 Å². The molecule has 3 rings (SSSR count). The Labute approximate surface area is 132 Å². The summed E-state index contributed by atoms with van der Waals surface area (Å²) in [5, 5.41) is 0.488. The van der Waals surface area contributed by atoms with Gasteiger partial charge in [-0.3, -0.25) is 0 Å². The van der Waals surface area contributed by atoms with Crippen molar-refractivity contribution in [2.24, 2.45) is 0 Å². The van der Waals surface area contributed by atoms with E-state index in [0.29, 0.717) is 16.5 Å². The Morgan fingerprint density at radius 1 is 1.05 bits per heavy atom. The first-order valence-electron chi connectivity index (χ1n) is 6.29. The summed E-state index contributed by atoms with van der Waals surface area (Å²) in [5.41, 5.74) is 2.72. The highest BCUT2D eigenvalue weighted by Crippen LogP contribution is 2.33. The van der Waals surface area contributed by atoms with Crippen LogP contribution < -0.4 is 4.74 Å². The minimum absolute atomic E-state index is 0.125. The number of rotatable bonds is 4. The second-order valence-corrected chi connectivity index (χ2v) is 5.03. The lowest BCUT2D eigenvalue weighted by atomic mass is 10.1. The van der Waals surface area contributed by atoms with E-state index in [9.17, 15) is 0 Å². The molecule has 0 amide bonds. The molecule has 2 aromatic carbocycles. The van der Waals surface area contributed by atoms with E-state index in [1.807, 2.05) is 42.5 Å². The van der Waals surface area contributed by atoms with Gasteiger partial charge in [0.2, 0.25) is 0 Å². The van der Waals surface area contributed by atoms with Crippen molar-refractivity contribution >= 4 is 23.2 Å². The number of hydrogen-bond acceptors (Lipinski definition) is 3. The maximum atomic E-state index is 6.25. The Bertz CT molecular complexity index is 741. The van der Waals surface area contributed by atoms with E-state index in [0.717, 1.165) is 11.1 Å². The Balaban J connectivity index is 1.84. The van der Waals surface area contributed by atoms with Crippen molar-refractivity contribution in [3.63, 3.8) is 0 Å². The number of benzene rings is 2. The standard InChI is InChI=1S/C16H11Cl2NO2/c17-9-13-10-20-16(19-13)21-15-7-6-12(8-14(15)18)11-4-2-1-3-5-11/h1-8,10H,9H2. The predicted molar refractivity (Wildman–Crippen MR) is 83.0 cm³/mol. The van der Waals surface area contributed by atoms with E-state index in [1.54, 1.807) is 6.07 Å². The Hall–Kier alpha value is -1.97. The van der Waals surface area contributed by atoms with E-state index < -0.39 is 0 Å². The highest BCUT2D eigenvalue weighted by Gasteiger charge is 2.10. The zero-order valence-corrected chi connectivity index (χ0v) is 12.4. The normalized spacial score (nSPS) is 10.6. The lowest BCUT2D eigenvalue weighted by Crippen LogP contribution is -1.87. The van der Waals surface area contributed by atoms with Crippen molar-refractivity contribution in [2.45, 2.75) is 5.88 Å². The van der Waals surface area contributed by atoms with Gasteiger partial charge in [0.15, 0.2) is 5.75 Å². The fraction of sp³-hybridized carbons (Fsp3) is 0.0625. The molecule has 0 bridgehead atoms. The van der Waals surface area contributed by atoms with Gasteiger partial charge in [-0.25, -0.2) is 0 Å². The number of aromatic nitrogens is 1. The number of oxazole rings is 1. The third kappa shape index (κ3) is 3.20. The number of halogens is 2. The second kappa shape index (κ2) is 6.20. The maximum absolute atomic E-state index is 6.25. The summed E-state index contributed by atoms with van der Waals surface area (Å²) >= 11 is 11.9. The van der Waals surface area contributed by atoms with Gasteiger partial charge in [0.25, 0.3) is 0 Å². The summed E-state index contributed by atoms with van der Waals surface area (Å²) in [6, 6.07) is 15.5. The molecule has 1 aromatic heterocycles. The molecular formula is C16H11Cl2NO2. The lowest BCUT2D eigenvalue weighted by molar-refractivity contribution is 0.331. The van der Waals surface area contributed by atoms with Crippen molar-refractivity contribution in [3.8, 4) is 23.0 Å². The van der Waals surface area contributed by atoms with Crippen LogP contribution in [0.2, 0.25) is 5.02 Å². The fourth-order valence-electron chi connectivity index (χ4n) is 1.88. The molecule has 0 saturated heterocycles. The molecule has 0 saturated carbocycles. The third-order valence-electron chi connectivity index (χ3n) is 2.90. The van der Waals surface area contributed by atoms with E-state index in [4.69, 9.17) is 32.4 Å². The van der Waals surface area contributed by atoms with Crippen LogP contribution >= 0.6 is 23.2 Å². The number of nitrogens with zero attached hydrogens (tertiary/aromatic N) is 1. The van der Waals surface area contributed by atoms with Crippen LogP contribution in [0.1, 0.15) is 5.69 Å². The van der Waals surface area contributed by atoms with E-state index in [-0.39, 0.29) is 12.0 Å². The molecule has 1 heterocycles. The maximum Gasteiger partial charge on any atom is 0.399 e. The zero-order valence-electron chi connectivity index (χ0n) is 10.9. The number of ether oxygens (including phenoxy) is 1. The zero-order chi connectivity index (χ0) is 14.7. The molecule has 106 valence electrons. The van der Waals surface area contributed by atoms with E-state index in [1.165, 1.54) is 6.26 Å². The lowest BCUT2D eigenvalue weighted by Gasteiger charge is -2.06. The van der Waals surface area contributed by atoms with Gasteiger partial charge in [-0.2, -0.15) is 4.98 Å². The molecule has 5 heteroatoms.